The highest BCUT2D eigenvalue weighted by molar-refractivity contribution is 7.87. The molecule has 0 atom stereocenters. The molecule has 0 radical (unpaired) electrons. The number of ether oxygens (including phenoxy) is 3. The average Bonchev–Trinajstić information content (AvgIpc) is 2.84. The number of halogens is 4. The van der Waals surface area contributed by atoms with Crippen molar-refractivity contribution in [3.05, 3.63) is 46.6 Å². The lowest BCUT2D eigenvalue weighted by molar-refractivity contribution is -0.137. The van der Waals surface area contributed by atoms with Crippen LogP contribution >= 0.6 is 11.6 Å². The molecule has 2 N–H and O–H groups in total. The highest BCUT2D eigenvalue weighted by Gasteiger charge is 2.33. The van der Waals surface area contributed by atoms with Gasteiger partial charge in [-0.05, 0) is 31.0 Å². The number of alkyl halides is 3. The van der Waals surface area contributed by atoms with Gasteiger partial charge in [0.05, 0.1) is 18.7 Å². The molecule has 1 aromatic heterocycles. The minimum atomic E-state index is -4.69. The summed E-state index contributed by atoms with van der Waals surface area (Å²) in [4.78, 5) is 17.9. The zero-order valence-corrected chi connectivity index (χ0v) is 21.8. The fraction of sp³-hybridized carbons (Fsp3) is 0.455. The van der Waals surface area contributed by atoms with Crippen molar-refractivity contribution in [3.8, 4) is 17.4 Å². The maximum absolute atomic E-state index is 13.0. The molecule has 0 saturated carbocycles. The Morgan fingerprint density at radius 2 is 1.92 bits per heavy atom. The van der Waals surface area contributed by atoms with Crippen LogP contribution in [0.25, 0.3) is 0 Å². The lowest BCUT2D eigenvalue weighted by Gasteiger charge is -2.29. The predicted octanol–water partition coefficient (Wildman–Crippen LogP) is 4.29. The number of hydrogen-bond acceptors (Lipinski definition) is 8. The summed E-state index contributed by atoms with van der Waals surface area (Å²) in [6.45, 7) is 0.547. The van der Waals surface area contributed by atoms with Crippen LogP contribution in [0.1, 0.15) is 30.4 Å². The van der Waals surface area contributed by atoms with Gasteiger partial charge in [0.2, 0.25) is 5.88 Å². The number of aromatic nitrogens is 1. The maximum atomic E-state index is 13.0. The molecule has 1 saturated heterocycles. The van der Waals surface area contributed by atoms with Crippen molar-refractivity contribution < 1.29 is 45.7 Å². The van der Waals surface area contributed by atoms with Gasteiger partial charge in [0, 0.05) is 38.0 Å². The van der Waals surface area contributed by atoms with Crippen LogP contribution in [0.4, 0.5) is 18.0 Å². The lowest BCUT2D eigenvalue weighted by atomic mass is 10.2. The number of pyridine rings is 1. The van der Waals surface area contributed by atoms with E-state index in [1.54, 1.807) is 0 Å². The van der Waals surface area contributed by atoms with Crippen molar-refractivity contribution in [2.45, 2.75) is 32.0 Å². The Hall–Kier alpha value is -2.85. The Balaban J connectivity index is 1.92. The summed E-state index contributed by atoms with van der Waals surface area (Å²) in [6, 6.07) is 4.75. The van der Waals surface area contributed by atoms with E-state index in [1.165, 1.54) is 30.3 Å². The number of hydrazine groups is 1. The number of amides is 1. The number of carbonyl (C=O) groups is 1. The quantitative estimate of drug-likeness (QED) is 0.373. The Labute approximate surface area is 222 Å². The molecule has 2 aromatic rings. The largest absolute Gasteiger partial charge is 0.491 e. The minimum Gasteiger partial charge on any atom is -0.491 e. The van der Waals surface area contributed by atoms with Crippen molar-refractivity contribution in [2.24, 2.45) is 0 Å². The van der Waals surface area contributed by atoms with Crippen LogP contribution in [0, 0.1) is 0 Å². The average molecular weight is 583 g/mol. The highest BCUT2D eigenvalue weighted by atomic mass is 35.5. The molecule has 0 aliphatic carbocycles. The first-order valence-corrected chi connectivity index (χ1v) is 13.2. The molecule has 11 nitrogen and oxygen atoms in total. The van der Waals surface area contributed by atoms with Gasteiger partial charge < -0.3 is 19.3 Å². The monoisotopic (exact) mass is 582 g/mol. The predicted molar refractivity (Wildman–Crippen MR) is 129 cm³/mol. The fourth-order valence-corrected chi connectivity index (χ4v) is 4.79. The number of carboxylic acid groups (broad SMARTS) is 1. The molecule has 2 heterocycles. The standard InChI is InChI=1S/C22H26ClF3N4O7S/c1-35-9-10-36-17-6-5-15(14-30(21(31)32)38(33,34)28-29-7-3-2-4-8-29)19(12-17)37-20-18(23)11-16(13-27-20)22(24,25)26/h5-6,11-13,28H,2-4,7-10,14H2,1H3,(H,31,32). The zero-order valence-electron chi connectivity index (χ0n) is 20.2. The number of hydrogen-bond donors (Lipinski definition) is 2. The lowest BCUT2D eigenvalue weighted by Crippen LogP contribution is -2.52. The van der Waals surface area contributed by atoms with Crippen LogP contribution in [-0.2, 0) is 27.7 Å². The van der Waals surface area contributed by atoms with Gasteiger partial charge >= 0.3 is 22.5 Å². The van der Waals surface area contributed by atoms with E-state index in [0.29, 0.717) is 25.4 Å². The molecule has 1 aliphatic rings. The minimum absolute atomic E-state index is 0.0493. The van der Waals surface area contributed by atoms with Crippen molar-refractivity contribution in [1.82, 2.24) is 19.1 Å². The normalized spacial score (nSPS) is 14.8. The van der Waals surface area contributed by atoms with Crippen LogP contribution in [0.5, 0.6) is 17.4 Å². The third kappa shape index (κ3) is 8.07. The fourth-order valence-electron chi connectivity index (χ4n) is 3.46. The summed E-state index contributed by atoms with van der Waals surface area (Å²) in [7, 11) is -3.06. The summed E-state index contributed by atoms with van der Waals surface area (Å²) < 4.78 is 81.1. The molecule has 0 spiro atoms. The second-order valence-corrected chi connectivity index (χ2v) is 10.1. The smallest absolute Gasteiger partial charge is 0.422 e. The molecule has 1 fully saturated rings. The molecule has 0 unspecified atom stereocenters. The third-order valence-electron chi connectivity index (χ3n) is 5.35. The number of rotatable bonds is 11. The summed E-state index contributed by atoms with van der Waals surface area (Å²) in [5, 5.41) is 10.7. The SMILES string of the molecule is COCCOc1ccc(CN(C(=O)O)S(=O)(=O)NN2CCCCC2)c(Oc2ncc(C(F)(F)F)cc2Cl)c1. The van der Waals surface area contributed by atoms with Gasteiger partial charge in [0.1, 0.15) is 23.1 Å². The number of piperidine rings is 1. The second kappa shape index (κ2) is 12.8. The van der Waals surface area contributed by atoms with Crippen molar-refractivity contribution in [3.63, 3.8) is 0 Å². The van der Waals surface area contributed by atoms with E-state index >= 15 is 0 Å². The van der Waals surface area contributed by atoms with E-state index in [1.807, 2.05) is 0 Å². The molecule has 1 amide bonds. The first-order chi connectivity index (χ1) is 17.9. The van der Waals surface area contributed by atoms with Gasteiger partial charge in [0.15, 0.2) is 0 Å². The molecule has 1 aliphatic heterocycles. The van der Waals surface area contributed by atoms with Crippen LogP contribution in [0.15, 0.2) is 30.5 Å². The number of nitrogens with zero attached hydrogens (tertiary/aromatic N) is 3. The highest BCUT2D eigenvalue weighted by Crippen LogP contribution is 2.37. The van der Waals surface area contributed by atoms with Crippen LogP contribution < -0.4 is 14.3 Å². The van der Waals surface area contributed by atoms with Crippen LogP contribution in [0.2, 0.25) is 5.02 Å². The van der Waals surface area contributed by atoms with Gasteiger partial charge in [-0.3, -0.25) is 0 Å². The van der Waals surface area contributed by atoms with E-state index in [2.05, 4.69) is 9.82 Å². The summed E-state index contributed by atoms with van der Waals surface area (Å²) >= 11 is 5.97. The first-order valence-electron chi connectivity index (χ1n) is 11.3. The van der Waals surface area contributed by atoms with E-state index in [9.17, 15) is 31.5 Å². The van der Waals surface area contributed by atoms with Gasteiger partial charge in [-0.25, -0.2) is 14.8 Å². The summed E-state index contributed by atoms with van der Waals surface area (Å²) in [6.07, 6.45) is -3.49. The van der Waals surface area contributed by atoms with Crippen LogP contribution in [-0.4, -0.2) is 67.3 Å². The van der Waals surface area contributed by atoms with Crippen molar-refractivity contribution in [2.75, 3.05) is 33.4 Å². The number of nitrogens with one attached hydrogen (secondary N) is 1. The Morgan fingerprint density at radius 1 is 1.21 bits per heavy atom. The van der Waals surface area contributed by atoms with Gasteiger partial charge in [-0.15, -0.1) is 4.83 Å². The third-order valence-corrected chi connectivity index (χ3v) is 6.98. The van der Waals surface area contributed by atoms with Crippen LogP contribution in [0.3, 0.4) is 0 Å². The summed E-state index contributed by atoms with van der Waals surface area (Å²) in [5.74, 6) is -0.306. The molecule has 16 heteroatoms. The van der Waals surface area contributed by atoms with Gasteiger partial charge in [-0.1, -0.05) is 18.0 Å². The Kier molecular flexibility index (Phi) is 10.0. The maximum Gasteiger partial charge on any atom is 0.422 e. The van der Waals surface area contributed by atoms with Gasteiger partial charge in [0.25, 0.3) is 0 Å². The molecule has 210 valence electrons. The van der Waals surface area contributed by atoms with Crippen molar-refractivity contribution >= 4 is 27.9 Å². The number of methoxy groups -OCH3 is 1. The second-order valence-electron chi connectivity index (χ2n) is 8.15. The number of benzene rings is 1. The first kappa shape index (κ1) is 29.7. The van der Waals surface area contributed by atoms with E-state index in [-0.39, 0.29) is 34.6 Å². The zero-order chi connectivity index (χ0) is 27.9. The molecule has 0 bridgehead atoms. The topological polar surface area (TPSA) is 131 Å². The molecule has 1 aromatic carbocycles. The summed E-state index contributed by atoms with van der Waals surface area (Å²) in [5.41, 5.74) is -1.05. The van der Waals surface area contributed by atoms with E-state index in [0.717, 1.165) is 19.3 Å². The van der Waals surface area contributed by atoms with E-state index < -0.39 is 45.5 Å². The molecule has 38 heavy (non-hydrogen) atoms. The van der Waals surface area contributed by atoms with Gasteiger partial charge in [-0.2, -0.15) is 25.9 Å². The Bertz CT molecular complexity index is 1230. The molecule has 3 rings (SSSR count). The Morgan fingerprint density at radius 3 is 2.53 bits per heavy atom. The van der Waals surface area contributed by atoms with Crippen molar-refractivity contribution in [1.29, 1.82) is 0 Å². The van der Waals surface area contributed by atoms with E-state index in [4.69, 9.17) is 25.8 Å². The molecular weight excluding hydrogens is 557 g/mol. The molecular formula is C22H26ClF3N4O7S.